The molecule has 0 unspecified atom stereocenters. The molecule has 1 aromatic heterocycles. The number of aromatic nitrogens is 2. The predicted octanol–water partition coefficient (Wildman–Crippen LogP) is 2.72. The summed E-state index contributed by atoms with van der Waals surface area (Å²) in [5.74, 6) is -1.78. The molecule has 0 aliphatic carbocycles. The van der Waals surface area contributed by atoms with Crippen LogP contribution in [-0.2, 0) is 17.8 Å². The number of phenolic OH excluding ortho intramolecular Hbond substituents is 1. The van der Waals surface area contributed by atoms with Crippen molar-refractivity contribution >= 4 is 22.6 Å². The Morgan fingerprint density at radius 3 is 2.39 bits per heavy atom. The van der Waals surface area contributed by atoms with Crippen LogP contribution in [0, 0.1) is 0 Å². The molecule has 0 spiro atoms. The van der Waals surface area contributed by atoms with Crippen molar-refractivity contribution in [1.82, 2.24) is 15.1 Å². The molecule has 8 heteroatoms. The second-order valence-corrected chi connectivity index (χ2v) is 7.36. The van der Waals surface area contributed by atoms with Gasteiger partial charge in [-0.3, -0.25) is 9.59 Å². The first-order chi connectivity index (χ1) is 14.9. The van der Waals surface area contributed by atoms with E-state index >= 15 is 0 Å². The standard InChI is InChI=1S/C23H25N3O5/c1-2-3-6-13-26-22(29)18-8-5-4-7-17(18)20(25-26)21(28)24-19(23(30)31)14-15-9-11-16(27)12-10-15/h4-5,7-12,19,27H,2-3,6,13-14H2,1H3,(H,24,28)(H,30,31)/t19-/m1/s1. The van der Waals surface area contributed by atoms with Gasteiger partial charge >= 0.3 is 5.97 Å². The third kappa shape index (κ3) is 5.28. The predicted molar refractivity (Wildman–Crippen MR) is 116 cm³/mol. The lowest BCUT2D eigenvalue weighted by Gasteiger charge is -2.16. The highest BCUT2D eigenvalue weighted by Gasteiger charge is 2.24. The SMILES string of the molecule is CCCCCn1nc(C(=O)N[C@H](Cc2ccc(O)cc2)C(=O)O)c2ccccc2c1=O. The number of fused-ring (bicyclic) bond motifs is 1. The third-order valence-electron chi connectivity index (χ3n) is 5.04. The lowest BCUT2D eigenvalue weighted by molar-refractivity contribution is -0.139. The van der Waals surface area contributed by atoms with Gasteiger partial charge in [-0.15, -0.1) is 0 Å². The Morgan fingerprint density at radius 2 is 1.74 bits per heavy atom. The summed E-state index contributed by atoms with van der Waals surface area (Å²) in [6, 6.07) is 11.6. The summed E-state index contributed by atoms with van der Waals surface area (Å²) in [4.78, 5) is 37.5. The maximum absolute atomic E-state index is 13.0. The van der Waals surface area contributed by atoms with Crippen molar-refractivity contribution in [3.8, 4) is 5.75 Å². The van der Waals surface area contributed by atoms with Crippen molar-refractivity contribution < 1.29 is 19.8 Å². The molecule has 0 bridgehead atoms. The van der Waals surface area contributed by atoms with Gasteiger partial charge in [0.2, 0.25) is 0 Å². The Balaban J connectivity index is 1.92. The number of phenols is 1. The molecule has 8 nitrogen and oxygen atoms in total. The molecule has 0 aliphatic rings. The number of carboxylic acid groups (broad SMARTS) is 1. The Morgan fingerprint density at radius 1 is 1.06 bits per heavy atom. The van der Waals surface area contributed by atoms with E-state index < -0.39 is 17.9 Å². The average molecular weight is 423 g/mol. The summed E-state index contributed by atoms with van der Waals surface area (Å²) in [5, 5.41) is 26.5. The number of rotatable bonds is 9. The molecule has 3 N–H and O–H groups in total. The molecule has 0 saturated heterocycles. The Kier molecular flexibility index (Phi) is 7.02. The normalized spacial score (nSPS) is 11.9. The maximum Gasteiger partial charge on any atom is 0.326 e. The van der Waals surface area contributed by atoms with E-state index in [-0.39, 0.29) is 23.4 Å². The molecule has 1 atom stereocenters. The van der Waals surface area contributed by atoms with Gasteiger partial charge in [0.05, 0.1) is 5.39 Å². The molecule has 0 fully saturated rings. The Labute approximate surface area is 179 Å². The second kappa shape index (κ2) is 9.88. The first kappa shape index (κ1) is 22.0. The first-order valence-electron chi connectivity index (χ1n) is 10.2. The number of aryl methyl sites for hydroxylation is 1. The summed E-state index contributed by atoms with van der Waals surface area (Å²) >= 11 is 0. The van der Waals surface area contributed by atoms with E-state index in [2.05, 4.69) is 17.3 Å². The van der Waals surface area contributed by atoms with Crippen LogP contribution in [0.1, 0.15) is 42.2 Å². The number of carbonyl (C=O) groups excluding carboxylic acids is 1. The number of aliphatic carboxylic acids is 1. The topological polar surface area (TPSA) is 122 Å². The minimum absolute atomic E-state index is 0.0173. The van der Waals surface area contributed by atoms with Crippen LogP contribution in [0.15, 0.2) is 53.3 Å². The van der Waals surface area contributed by atoms with Crippen LogP contribution in [0.2, 0.25) is 0 Å². The summed E-state index contributed by atoms with van der Waals surface area (Å²) < 4.78 is 1.28. The molecule has 31 heavy (non-hydrogen) atoms. The molecular formula is C23H25N3O5. The van der Waals surface area contributed by atoms with Crippen LogP contribution in [0.3, 0.4) is 0 Å². The van der Waals surface area contributed by atoms with E-state index in [0.29, 0.717) is 22.9 Å². The van der Waals surface area contributed by atoms with Crippen molar-refractivity contribution in [3.05, 3.63) is 70.1 Å². The first-order valence-corrected chi connectivity index (χ1v) is 10.2. The fourth-order valence-electron chi connectivity index (χ4n) is 3.36. The highest BCUT2D eigenvalue weighted by atomic mass is 16.4. The minimum atomic E-state index is -1.20. The van der Waals surface area contributed by atoms with Gasteiger partial charge in [0.15, 0.2) is 5.69 Å². The van der Waals surface area contributed by atoms with Gasteiger partial charge < -0.3 is 15.5 Å². The molecule has 0 aliphatic heterocycles. The molecule has 1 heterocycles. The van der Waals surface area contributed by atoms with Gasteiger partial charge in [-0.05, 0) is 30.2 Å². The van der Waals surface area contributed by atoms with E-state index in [0.717, 1.165) is 19.3 Å². The Hall–Kier alpha value is -3.68. The quantitative estimate of drug-likeness (QED) is 0.455. The second-order valence-electron chi connectivity index (χ2n) is 7.36. The number of unbranched alkanes of at least 4 members (excludes halogenated alkanes) is 2. The van der Waals surface area contributed by atoms with Gasteiger partial charge in [0.25, 0.3) is 11.5 Å². The smallest absolute Gasteiger partial charge is 0.326 e. The highest BCUT2D eigenvalue weighted by molar-refractivity contribution is 6.05. The number of carboxylic acids is 1. The van der Waals surface area contributed by atoms with Crippen molar-refractivity contribution in [2.24, 2.45) is 0 Å². The zero-order valence-corrected chi connectivity index (χ0v) is 17.2. The zero-order chi connectivity index (χ0) is 22.4. The molecule has 3 aromatic rings. The van der Waals surface area contributed by atoms with Crippen molar-refractivity contribution in [2.45, 2.75) is 45.2 Å². The van der Waals surface area contributed by atoms with E-state index in [4.69, 9.17) is 0 Å². The van der Waals surface area contributed by atoms with Gasteiger partial charge in [-0.1, -0.05) is 50.1 Å². The van der Waals surface area contributed by atoms with Crippen molar-refractivity contribution in [2.75, 3.05) is 0 Å². The monoisotopic (exact) mass is 423 g/mol. The zero-order valence-electron chi connectivity index (χ0n) is 17.2. The van der Waals surface area contributed by atoms with Crippen LogP contribution in [-0.4, -0.2) is 37.9 Å². The molecule has 0 radical (unpaired) electrons. The largest absolute Gasteiger partial charge is 0.508 e. The van der Waals surface area contributed by atoms with Gasteiger partial charge in [-0.25, -0.2) is 9.48 Å². The lowest BCUT2D eigenvalue weighted by atomic mass is 10.0. The van der Waals surface area contributed by atoms with Crippen LogP contribution in [0.5, 0.6) is 5.75 Å². The van der Waals surface area contributed by atoms with Crippen molar-refractivity contribution in [1.29, 1.82) is 0 Å². The third-order valence-corrected chi connectivity index (χ3v) is 5.04. The van der Waals surface area contributed by atoms with Gasteiger partial charge in [0, 0.05) is 18.4 Å². The van der Waals surface area contributed by atoms with Crippen LogP contribution >= 0.6 is 0 Å². The fourth-order valence-corrected chi connectivity index (χ4v) is 3.36. The summed E-state index contributed by atoms with van der Waals surface area (Å²) in [6.45, 7) is 2.43. The number of hydrogen-bond donors (Lipinski definition) is 3. The molecule has 162 valence electrons. The molecule has 3 rings (SSSR count). The van der Waals surface area contributed by atoms with Gasteiger partial charge in [0.1, 0.15) is 11.8 Å². The maximum atomic E-state index is 13.0. The van der Waals surface area contributed by atoms with E-state index in [9.17, 15) is 24.6 Å². The Bertz CT molecular complexity index is 1140. The highest BCUT2D eigenvalue weighted by Crippen LogP contribution is 2.15. The molecule has 1 amide bonds. The van der Waals surface area contributed by atoms with E-state index in [1.807, 2.05) is 0 Å². The average Bonchev–Trinajstić information content (AvgIpc) is 2.76. The van der Waals surface area contributed by atoms with Crippen LogP contribution in [0.25, 0.3) is 10.8 Å². The van der Waals surface area contributed by atoms with E-state index in [1.54, 1.807) is 36.4 Å². The summed E-state index contributed by atoms with van der Waals surface area (Å²) in [6.07, 6.45) is 2.69. The summed E-state index contributed by atoms with van der Waals surface area (Å²) in [7, 11) is 0. The minimum Gasteiger partial charge on any atom is -0.508 e. The number of hydrogen-bond acceptors (Lipinski definition) is 5. The fraction of sp³-hybridized carbons (Fsp3) is 0.304. The number of amides is 1. The van der Waals surface area contributed by atoms with Crippen molar-refractivity contribution in [3.63, 3.8) is 0 Å². The number of aromatic hydroxyl groups is 1. The van der Waals surface area contributed by atoms with Gasteiger partial charge in [-0.2, -0.15) is 5.10 Å². The summed E-state index contributed by atoms with van der Waals surface area (Å²) in [5.41, 5.74) is 0.388. The number of carbonyl (C=O) groups is 2. The number of nitrogens with zero attached hydrogens (tertiary/aromatic N) is 2. The molecular weight excluding hydrogens is 398 g/mol. The molecule has 0 saturated carbocycles. The number of benzene rings is 2. The number of nitrogens with one attached hydrogen (secondary N) is 1. The lowest BCUT2D eigenvalue weighted by Crippen LogP contribution is -2.43. The van der Waals surface area contributed by atoms with Crippen LogP contribution < -0.4 is 10.9 Å². The van der Waals surface area contributed by atoms with E-state index in [1.165, 1.54) is 16.8 Å². The molecule has 2 aromatic carbocycles. The van der Waals surface area contributed by atoms with Crippen LogP contribution in [0.4, 0.5) is 0 Å².